The van der Waals surface area contributed by atoms with Gasteiger partial charge < -0.3 is 20.5 Å². The number of nitrogens with zero attached hydrogens (tertiary/aromatic N) is 2. The minimum absolute atomic E-state index is 0.0151. The summed E-state index contributed by atoms with van der Waals surface area (Å²) in [5, 5.41) is 15.5. The van der Waals surface area contributed by atoms with Gasteiger partial charge in [-0.25, -0.2) is 0 Å². The van der Waals surface area contributed by atoms with E-state index < -0.39 is 12.1 Å². The molecule has 3 heterocycles. The molecule has 3 unspecified atom stereocenters. The number of aryl methyl sites for hydroxylation is 1. The van der Waals surface area contributed by atoms with E-state index in [1.165, 1.54) is 0 Å². The van der Waals surface area contributed by atoms with E-state index in [9.17, 15) is 19.6 Å². The number of nitriles is 1. The van der Waals surface area contributed by atoms with Crippen molar-refractivity contribution in [1.82, 2.24) is 20.5 Å². The zero-order valence-electron chi connectivity index (χ0n) is 17.2. The molecule has 3 amide bonds. The highest BCUT2D eigenvalue weighted by molar-refractivity contribution is 5.97. The zero-order chi connectivity index (χ0) is 21.1. The third kappa shape index (κ3) is 3.36. The molecule has 1 aromatic rings. The molecule has 0 radical (unpaired) electrons. The highest BCUT2D eigenvalue weighted by Gasteiger charge is 2.56. The number of aromatic nitrogens is 1. The van der Waals surface area contributed by atoms with Gasteiger partial charge in [0.25, 0.3) is 5.91 Å². The molecule has 8 nitrogen and oxygen atoms in total. The number of H-pyrrole nitrogens is 1. The molecule has 2 aliphatic carbocycles. The lowest BCUT2D eigenvalue weighted by atomic mass is 9.95. The van der Waals surface area contributed by atoms with Crippen LogP contribution in [0.4, 0.5) is 0 Å². The van der Waals surface area contributed by atoms with E-state index in [-0.39, 0.29) is 34.6 Å². The Morgan fingerprint density at radius 3 is 2.63 bits per heavy atom. The van der Waals surface area contributed by atoms with Crippen LogP contribution in [0.5, 0.6) is 0 Å². The Morgan fingerprint density at radius 2 is 2.07 bits per heavy atom. The van der Waals surface area contributed by atoms with E-state index in [0.29, 0.717) is 25.1 Å². The van der Waals surface area contributed by atoms with Gasteiger partial charge in [0, 0.05) is 23.7 Å². The van der Waals surface area contributed by atoms with Crippen LogP contribution in [0.25, 0.3) is 0 Å². The van der Waals surface area contributed by atoms with Crippen LogP contribution in [0.15, 0.2) is 12.1 Å². The Labute approximate surface area is 175 Å². The summed E-state index contributed by atoms with van der Waals surface area (Å²) in [6.45, 7) is 2.46. The van der Waals surface area contributed by atoms with Gasteiger partial charge in [0.2, 0.25) is 11.8 Å². The van der Waals surface area contributed by atoms with Crippen molar-refractivity contribution in [2.24, 2.45) is 11.3 Å². The molecule has 3 atom stereocenters. The first kappa shape index (κ1) is 19.2. The number of nitrogens with one attached hydrogen (secondary N) is 3. The van der Waals surface area contributed by atoms with Gasteiger partial charge in [-0.05, 0) is 69.4 Å². The van der Waals surface area contributed by atoms with Gasteiger partial charge in [-0.15, -0.1) is 0 Å². The summed E-state index contributed by atoms with van der Waals surface area (Å²) in [5.41, 5.74) is 1.38. The third-order valence-electron chi connectivity index (χ3n) is 7.33. The summed E-state index contributed by atoms with van der Waals surface area (Å²) in [7, 11) is 0. The molecule has 0 aromatic carbocycles. The summed E-state index contributed by atoms with van der Waals surface area (Å²) in [6.07, 6.45) is 5.74. The first-order valence-corrected chi connectivity index (χ1v) is 10.8. The van der Waals surface area contributed by atoms with E-state index in [1.807, 2.05) is 13.0 Å². The number of likely N-dealkylation sites (tertiary alicyclic amines) is 1. The lowest BCUT2D eigenvalue weighted by Gasteiger charge is -2.25. The number of amides is 3. The molecule has 5 rings (SSSR count). The Bertz CT molecular complexity index is 952. The number of rotatable bonds is 5. The Morgan fingerprint density at radius 1 is 1.30 bits per heavy atom. The van der Waals surface area contributed by atoms with Crippen molar-refractivity contribution in [3.05, 3.63) is 23.5 Å². The average Bonchev–Trinajstić information content (AvgIpc) is 3.50. The summed E-state index contributed by atoms with van der Waals surface area (Å²) in [6, 6.07) is 4.42. The van der Waals surface area contributed by atoms with Crippen LogP contribution >= 0.6 is 0 Å². The van der Waals surface area contributed by atoms with Crippen LogP contribution in [-0.2, 0) is 9.59 Å². The monoisotopic (exact) mass is 409 g/mol. The van der Waals surface area contributed by atoms with Crippen molar-refractivity contribution >= 4 is 17.7 Å². The number of carbonyl (C=O) groups is 3. The van der Waals surface area contributed by atoms with E-state index in [0.717, 1.165) is 37.8 Å². The molecule has 2 aliphatic heterocycles. The number of carbonyl (C=O) groups excluding carboxylic acids is 3. The average molecular weight is 409 g/mol. The van der Waals surface area contributed by atoms with Gasteiger partial charge in [-0.2, -0.15) is 5.26 Å². The molecule has 2 spiro atoms. The molecule has 158 valence electrons. The normalized spacial score (nSPS) is 28.3. The first-order chi connectivity index (χ1) is 14.3. The fourth-order valence-corrected chi connectivity index (χ4v) is 5.17. The molecular formula is C22H27N5O3. The molecule has 2 saturated heterocycles. The molecule has 3 N–H and O–H groups in total. The highest BCUT2D eigenvalue weighted by Crippen LogP contribution is 2.55. The molecule has 1 aromatic heterocycles. The SMILES string of the molecule is Cc1ccc(C(=O)N2CC3(CC3)CC2C(=O)NC(C#N)CC2CC3(CC3)NC2=O)[nH]1. The van der Waals surface area contributed by atoms with Crippen LogP contribution in [0, 0.1) is 29.6 Å². The molecule has 4 fully saturated rings. The molecule has 30 heavy (non-hydrogen) atoms. The maximum atomic E-state index is 13.1. The first-order valence-electron chi connectivity index (χ1n) is 10.8. The van der Waals surface area contributed by atoms with Crippen molar-refractivity contribution in [3.63, 3.8) is 0 Å². The second-order valence-corrected chi connectivity index (χ2v) is 9.80. The maximum absolute atomic E-state index is 13.1. The van der Waals surface area contributed by atoms with Crippen LogP contribution in [0.3, 0.4) is 0 Å². The minimum atomic E-state index is -0.734. The topological polar surface area (TPSA) is 118 Å². The van der Waals surface area contributed by atoms with Gasteiger partial charge in [0.15, 0.2) is 0 Å². The van der Waals surface area contributed by atoms with E-state index in [2.05, 4.69) is 21.7 Å². The Kier molecular flexibility index (Phi) is 4.21. The number of hydrogen-bond acceptors (Lipinski definition) is 4. The lowest BCUT2D eigenvalue weighted by Crippen LogP contribution is -2.49. The molecule has 4 aliphatic rings. The van der Waals surface area contributed by atoms with Gasteiger partial charge >= 0.3 is 0 Å². The van der Waals surface area contributed by atoms with Gasteiger partial charge in [-0.3, -0.25) is 14.4 Å². The molecule has 2 saturated carbocycles. The van der Waals surface area contributed by atoms with E-state index in [4.69, 9.17) is 0 Å². The fraction of sp³-hybridized carbons (Fsp3) is 0.636. The van der Waals surface area contributed by atoms with Crippen LogP contribution < -0.4 is 10.6 Å². The van der Waals surface area contributed by atoms with Crippen molar-refractivity contribution in [1.29, 1.82) is 5.26 Å². The summed E-state index contributed by atoms with van der Waals surface area (Å²) in [5.74, 6) is -0.720. The molecular weight excluding hydrogens is 382 g/mol. The second-order valence-electron chi connectivity index (χ2n) is 9.80. The minimum Gasteiger partial charge on any atom is -0.355 e. The van der Waals surface area contributed by atoms with E-state index >= 15 is 0 Å². The number of aromatic amines is 1. The maximum Gasteiger partial charge on any atom is 0.270 e. The predicted molar refractivity (Wildman–Crippen MR) is 107 cm³/mol. The van der Waals surface area contributed by atoms with Crippen molar-refractivity contribution in [3.8, 4) is 6.07 Å². The predicted octanol–water partition coefficient (Wildman–Crippen LogP) is 1.39. The number of hydrogen-bond donors (Lipinski definition) is 3. The molecule has 8 heteroatoms. The zero-order valence-corrected chi connectivity index (χ0v) is 17.2. The fourth-order valence-electron chi connectivity index (χ4n) is 5.17. The Hall–Kier alpha value is -2.82. The smallest absolute Gasteiger partial charge is 0.270 e. The summed E-state index contributed by atoms with van der Waals surface area (Å²) in [4.78, 5) is 43.1. The van der Waals surface area contributed by atoms with E-state index in [1.54, 1.807) is 11.0 Å². The third-order valence-corrected chi connectivity index (χ3v) is 7.33. The highest BCUT2D eigenvalue weighted by atomic mass is 16.2. The van der Waals surface area contributed by atoms with Crippen LogP contribution in [0.2, 0.25) is 0 Å². The Balaban J connectivity index is 1.27. The quantitative estimate of drug-likeness (QED) is 0.681. The summed E-state index contributed by atoms with van der Waals surface area (Å²) < 4.78 is 0. The van der Waals surface area contributed by atoms with Crippen molar-refractivity contribution < 1.29 is 14.4 Å². The van der Waals surface area contributed by atoms with Gasteiger partial charge in [-0.1, -0.05) is 0 Å². The van der Waals surface area contributed by atoms with Crippen LogP contribution in [-0.4, -0.2) is 51.8 Å². The lowest BCUT2D eigenvalue weighted by molar-refractivity contribution is -0.126. The van der Waals surface area contributed by atoms with Crippen molar-refractivity contribution in [2.75, 3.05) is 6.54 Å². The van der Waals surface area contributed by atoms with Gasteiger partial charge in [0.05, 0.1) is 6.07 Å². The van der Waals surface area contributed by atoms with Gasteiger partial charge in [0.1, 0.15) is 17.8 Å². The largest absolute Gasteiger partial charge is 0.355 e. The van der Waals surface area contributed by atoms with Crippen molar-refractivity contribution in [2.45, 2.75) is 69.5 Å². The summed E-state index contributed by atoms with van der Waals surface area (Å²) >= 11 is 0. The standard InChI is InChI=1S/C22H27N5O3/c1-13-2-3-16(24-13)20(30)27-12-21(4-5-21)10-17(27)19(29)25-15(11-23)8-14-9-22(6-7-22)26-18(14)28/h2-3,14-15,17,24H,4-10,12H2,1H3,(H,25,29)(H,26,28). The molecule has 0 bridgehead atoms. The van der Waals surface area contributed by atoms with Crippen LogP contribution in [0.1, 0.15) is 61.1 Å². The second kappa shape index (κ2) is 6.59.